The Bertz CT molecular complexity index is 1580. The summed E-state index contributed by atoms with van der Waals surface area (Å²) < 4.78 is 56.6. The van der Waals surface area contributed by atoms with Crippen molar-refractivity contribution in [2.75, 3.05) is 53.1 Å². The zero-order valence-electron chi connectivity index (χ0n) is 22.9. The predicted molar refractivity (Wildman–Crippen MR) is 153 cm³/mol. The first kappa shape index (κ1) is 26.6. The number of rotatable bonds is 8. The minimum Gasteiger partial charge on any atom is -0.395 e. The van der Waals surface area contributed by atoms with Crippen molar-refractivity contribution in [3.05, 3.63) is 48.4 Å². The third-order valence-electron chi connectivity index (χ3n) is 9.36. The van der Waals surface area contributed by atoms with Gasteiger partial charge in [-0.1, -0.05) is 0 Å². The third-order valence-corrected chi connectivity index (χ3v) is 10.6. The van der Waals surface area contributed by atoms with E-state index in [1.165, 1.54) is 12.8 Å². The molecular formula is C29H34F2N6O3S. The predicted octanol–water partition coefficient (Wildman–Crippen LogP) is 4.06. The quantitative estimate of drug-likeness (QED) is 0.412. The van der Waals surface area contributed by atoms with Crippen LogP contribution in [0.3, 0.4) is 0 Å². The van der Waals surface area contributed by atoms with Gasteiger partial charge in [-0.15, -0.1) is 0 Å². The monoisotopic (exact) mass is 584 g/mol. The smallest absolute Gasteiger partial charge is 0.258 e. The van der Waals surface area contributed by atoms with E-state index in [9.17, 15) is 17.2 Å². The van der Waals surface area contributed by atoms with E-state index in [1.807, 2.05) is 42.3 Å². The Labute approximate surface area is 238 Å². The second kappa shape index (κ2) is 9.38. The number of hydrogen-bond donors (Lipinski definition) is 2. The Morgan fingerprint density at radius 3 is 2.41 bits per heavy atom. The highest BCUT2D eigenvalue weighted by atomic mass is 32.2. The number of alkyl halides is 2. The number of anilines is 3. The number of pyridine rings is 1. The van der Waals surface area contributed by atoms with Gasteiger partial charge in [-0.2, -0.15) is 5.10 Å². The molecule has 4 aliphatic rings. The number of fused-ring (bicyclic) bond motifs is 1. The number of nitrogens with one attached hydrogen (secondary N) is 1. The fourth-order valence-corrected chi connectivity index (χ4v) is 7.39. The molecule has 41 heavy (non-hydrogen) atoms. The zero-order chi connectivity index (χ0) is 28.6. The average molecular weight is 585 g/mol. The van der Waals surface area contributed by atoms with E-state index in [4.69, 9.17) is 5.11 Å². The van der Waals surface area contributed by atoms with Gasteiger partial charge in [-0.3, -0.25) is 4.72 Å². The summed E-state index contributed by atoms with van der Waals surface area (Å²) >= 11 is 0. The van der Waals surface area contributed by atoms with Crippen LogP contribution in [0.2, 0.25) is 0 Å². The van der Waals surface area contributed by atoms with Crippen LogP contribution in [-0.2, 0) is 10.0 Å². The van der Waals surface area contributed by atoms with E-state index in [0.29, 0.717) is 30.0 Å². The SMILES string of the molecule is Cc1cc(-c2cnn(-c3ccc(NS(=O)(=O)CCO)cc3N3CCC4(CC3)CC4)c2)cc(N2CC3C(C2)C3(F)F)n1. The Kier molecular flexibility index (Phi) is 6.10. The summed E-state index contributed by atoms with van der Waals surface area (Å²) in [5.41, 5.74) is 5.25. The van der Waals surface area contributed by atoms with Crippen LogP contribution in [-0.4, -0.2) is 72.8 Å². The summed E-state index contributed by atoms with van der Waals surface area (Å²) in [6, 6.07) is 9.33. The van der Waals surface area contributed by atoms with Crippen molar-refractivity contribution in [2.45, 2.75) is 38.5 Å². The molecule has 2 unspecified atom stereocenters. The number of halogens is 2. The van der Waals surface area contributed by atoms with Gasteiger partial charge in [0.05, 0.1) is 47.5 Å². The second-order valence-corrected chi connectivity index (χ2v) is 14.0. The lowest BCUT2D eigenvalue weighted by atomic mass is 9.93. The van der Waals surface area contributed by atoms with Gasteiger partial charge in [0, 0.05) is 43.6 Å². The van der Waals surface area contributed by atoms with Crippen molar-refractivity contribution in [3.8, 4) is 16.8 Å². The van der Waals surface area contributed by atoms with Gasteiger partial charge in [0.1, 0.15) is 5.82 Å². The van der Waals surface area contributed by atoms with Gasteiger partial charge in [0.15, 0.2) is 0 Å². The van der Waals surface area contributed by atoms with Crippen molar-refractivity contribution in [1.29, 1.82) is 0 Å². The lowest BCUT2D eigenvalue weighted by Gasteiger charge is -2.35. The summed E-state index contributed by atoms with van der Waals surface area (Å²) in [5.74, 6) is -3.35. The van der Waals surface area contributed by atoms with Crippen LogP contribution in [0.15, 0.2) is 42.7 Å². The van der Waals surface area contributed by atoms with Crippen molar-refractivity contribution >= 4 is 27.2 Å². The maximum atomic E-state index is 13.8. The van der Waals surface area contributed by atoms with Crippen LogP contribution in [0, 0.1) is 24.2 Å². The first-order chi connectivity index (χ1) is 19.6. The lowest BCUT2D eigenvalue weighted by molar-refractivity contribution is 0.0797. The number of benzene rings is 1. The highest BCUT2D eigenvalue weighted by Gasteiger charge is 2.71. The maximum Gasteiger partial charge on any atom is 0.258 e. The Balaban J connectivity index is 1.18. The van der Waals surface area contributed by atoms with Gasteiger partial charge in [-0.25, -0.2) is 26.9 Å². The number of aliphatic hydroxyl groups is 1. The Morgan fingerprint density at radius 1 is 1.00 bits per heavy atom. The number of aliphatic hydroxyl groups excluding tert-OH is 1. The summed E-state index contributed by atoms with van der Waals surface area (Å²) in [4.78, 5) is 8.88. The van der Waals surface area contributed by atoms with Crippen LogP contribution in [0.1, 0.15) is 31.4 Å². The van der Waals surface area contributed by atoms with E-state index in [1.54, 1.807) is 16.9 Å². The molecule has 0 radical (unpaired) electrons. The zero-order valence-corrected chi connectivity index (χ0v) is 23.7. The van der Waals surface area contributed by atoms with Gasteiger partial charge >= 0.3 is 0 Å². The molecule has 1 aromatic carbocycles. The van der Waals surface area contributed by atoms with Gasteiger partial charge in [0.25, 0.3) is 5.92 Å². The second-order valence-electron chi connectivity index (χ2n) is 12.2. The number of nitrogens with zero attached hydrogens (tertiary/aromatic N) is 5. The largest absolute Gasteiger partial charge is 0.395 e. The van der Waals surface area contributed by atoms with Crippen molar-refractivity contribution in [3.63, 3.8) is 0 Å². The number of sulfonamides is 1. The molecular weight excluding hydrogens is 550 g/mol. The Morgan fingerprint density at radius 2 is 1.73 bits per heavy atom. The van der Waals surface area contributed by atoms with Crippen molar-refractivity contribution in [1.82, 2.24) is 14.8 Å². The Hall–Kier alpha value is -3.25. The molecule has 0 amide bonds. The molecule has 2 N–H and O–H groups in total. The molecule has 218 valence electrons. The molecule has 2 saturated carbocycles. The molecule has 2 atom stereocenters. The summed E-state index contributed by atoms with van der Waals surface area (Å²) in [7, 11) is -3.67. The molecule has 7 rings (SSSR count). The number of aryl methyl sites for hydroxylation is 1. The highest BCUT2D eigenvalue weighted by molar-refractivity contribution is 7.92. The molecule has 2 aromatic heterocycles. The van der Waals surface area contributed by atoms with Crippen LogP contribution < -0.4 is 14.5 Å². The van der Waals surface area contributed by atoms with Gasteiger partial charge in [0.2, 0.25) is 10.0 Å². The molecule has 12 heteroatoms. The third kappa shape index (κ3) is 4.94. The fourth-order valence-electron chi connectivity index (χ4n) is 6.56. The molecule has 2 saturated heterocycles. The van der Waals surface area contributed by atoms with E-state index >= 15 is 0 Å². The fraction of sp³-hybridized carbons (Fsp3) is 0.517. The van der Waals surface area contributed by atoms with Gasteiger partial charge < -0.3 is 14.9 Å². The van der Waals surface area contributed by atoms with Crippen LogP contribution >= 0.6 is 0 Å². The molecule has 1 spiro atoms. The van der Waals surface area contributed by atoms with Crippen molar-refractivity contribution in [2.24, 2.45) is 17.3 Å². The van der Waals surface area contributed by atoms with E-state index in [2.05, 4.69) is 19.7 Å². The average Bonchev–Trinajstić information content (AvgIpc) is 3.54. The molecule has 3 aromatic rings. The summed E-state index contributed by atoms with van der Waals surface area (Å²) in [5, 5.41) is 13.8. The molecule has 2 aliphatic heterocycles. The molecule has 4 fully saturated rings. The number of hydrogen-bond acceptors (Lipinski definition) is 7. The molecule has 2 aliphatic carbocycles. The minimum absolute atomic E-state index is 0.321. The van der Waals surface area contributed by atoms with E-state index in [-0.39, 0.29) is 5.75 Å². The molecule has 0 bridgehead atoms. The number of aromatic nitrogens is 3. The highest BCUT2D eigenvalue weighted by Crippen LogP contribution is 2.59. The lowest BCUT2D eigenvalue weighted by Crippen LogP contribution is -2.35. The van der Waals surface area contributed by atoms with Gasteiger partial charge in [-0.05, 0) is 73.9 Å². The normalized spacial score (nSPS) is 24.0. The molecule has 4 heterocycles. The topological polar surface area (TPSA) is 104 Å². The van der Waals surface area contributed by atoms with Crippen molar-refractivity contribution < 1.29 is 22.3 Å². The van der Waals surface area contributed by atoms with Crippen LogP contribution in [0.5, 0.6) is 0 Å². The van der Waals surface area contributed by atoms with E-state index in [0.717, 1.165) is 54.1 Å². The number of piperidine rings is 2. The first-order valence-corrected chi connectivity index (χ1v) is 15.9. The minimum atomic E-state index is -3.67. The summed E-state index contributed by atoms with van der Waals surface area (Å²) in [6.07, 6.45) is 8.51. The summed E-state index contributed by atoms with van der Waals surface area (Å²) in [6.45, 7) is 3.87. The van der Waals surface area contributed by atoms with E-state index < -0.39 is 34.4 Å². The first-order valence-electron chi connectivity index (χ1n) is 14.2. The van der Waals surface area contributed by atoms with Crippen LogP contribution in [0.25, 0.3) is 16.8 Å². The van der Waals surface area contributed by atoms with Crippen LogP contribution in [0.4, 0.5) is 26.0 Å². The molecule has 9 nitrogen and oxygen atoms in total. The maximum absolute atomic E-state index is 13.8. The standard InChI is InChI=1S/C29H34F2N6O3S/c1-19-12-20(13-27(33-19)36-17-23-24(18-36)29(23,30)31)21-15-32-37(16-21)25-3-2-22(34-41(39,40)11-10-38)14-26(25)35-8-6-28(4-5-28)7-9-35/h2-3,12-16,23-24,34,38H,4-11,17-18H2,1H3.